The van der Waals surface area contributed by atoms with Crippen molar-refractivity contribution in [2.45, 2.75) is 38.0 Å². The summed E-state index contributed by atoms with van der Waals surface area (Å²) in [7, 11) is 0. The van der Waals surface area contributed by atoms with E-state index in [4.69, 9.17) is 0 Å². The van der Waals surface area contributed by atoms with Gasteiger partial charge in [-0.2, -0.15) is 13.2 Å². The number of rotatable bonds is 5. The van der Waals surface area contributed by atoms with Crippen LogP contribution in [0, 0.1) is 5.82 Å². The highest BCUT2D eigenvalue weighted by Gasteiger charge is 2.33. The summed E-state index contributed by atoms with van der Waals surface area (Å²) >= 11 is 1.70. The monoisotopic (exact) mass is 574 g/mol. The van der Waals surface area contributed by atoms with Gasteiger partial charge < -0.3 is 15.1 Å². The molecule has 1 N–H and O–H groups in total. The molecule has 2 aliphatic heterocycles. The minimum absolute atomic E-state index is 0.0104. The number of fused-ring (bicyclic) bond motifs is 1. The number of urea groups is 1. The van der Waals surface area contributed by atoms with Gasteiger partial charge in [-0.1, -0.05) is 12.1 Å². The predicted molar refractivity (Wildman–Crippen MR) is 146 cm³/mol. The highest BCUT2D eigenvalue weighted by molar-refractivity contribution is 7.10. The van der Waals surface area contributed by atoms with Crippen LogP contribution in [0.15, 0.2) is 60.0 Å². The molecule has 3 heterocycles. The molecule has 212 valence electrons. The number of halogens is 4. The van der Waals surface area contributed by atoms with Gasteiger partial charge in [0.25, 0.3) is 0 Å². The van der Waals surface area contributed by atoms with Crippen molar-refractivity contribution >= 4 is 29.0 Å². The van der Waals surface area contributed by atoms with Gasteiger partial charge >= 0.3 is 12.2 Å². The summed E-state index contributed by atoms with van der Waals surface area (Å²) in [6.07, 6.45) is -3.26. The Balaban J connectivity index is 1.17. The van der Waals surface area contributed by atoms with Crippen molar-refractivity contribution in [1.82, 2.24) is 14.7 Å². The van der Waals surface area contributed by atoms with E-state index in [1.807, 2.05) is 13.0 Å². The van der Waals surface area contributed by atoms with E-state index in [-0.39, 0.29) is 29.5 Å². The second kappa shape index (κ2) is 11.6. The van der Waals surface area contributed by atoms with Crippen molar-refractivity contribution in [3.8, 4) is 0 Å². The second-order valence-electron chi connectivity index (χ2n) is 10.2. The number of thiophene rings is 1. The number of anilines is 1. The number of nitrogens with zero attached hydrogens (tertiary/aromatic N) is 3. The van der Waals surface area contributed by atoms with E-state index in [9.17, 15) is 27.2 Å². The maximum Gasteiger partial charge on any atom is 0.416 e. The lowest BCUT2D eigenvalue weighted by Crippen LogP contribution is -2.56. The molecule has 40 heavy (non-hydrogen) atoms. The van der Waals surface area contributed by atoms with Gasteiger partial charge in [-0.15, -0.1) is 11.3 Å². The Hall–Kier alpha value is -3.44. The lowest BCUT2D eigenvalue weighted by atomic mass is 9.93. The van der Waals surface area contributed by atoms with Gasteiger partial charge in [0.1, 0.15) is 5.82 Å². The van der Waals surface area contributed by atoms with E-state index in [0.29, 0.717) is 32.6 Å². The van der Waals surface area contributed by atoms with Crippen LogP contribution >= 0.6 is 11.3 Å². The first-order chi connectivity index (χ1) is 19.1. The van der Waals surface area contributed by atoms with Crippen molar-refractivity contribution in [3.63, 3.8) is 0 Å². The number of amides is 3. The molecule has 2 unspecified atom stereocenters. The van der Waals surface area contributed by atoms with Crippen molar-refractivity contribution in [2.24, 2.45) is 0 Å². The minimum atomic E-state index is -4.44. The van der Waals surface area contributed by atoms with Gasteiger partial charge in [-0.3, -0.25) is 9.69 Å². The predicted octanol–water partition coefficient (Wildman–Crippen LogP) is 6.01. The number of hydrogen-bond acceptors (Lipinski definition) is 4. The molecule has 0 radical (unpaired) electrons. The quantitative estimate of drug-likeness (QED) is 0.380. The van der Waals surface area contributed by atoms with E-state index >= 15 is 0 Å². The van der Waals surface area contributed by atoms with Gasteiger partial charge in [0.2, 0.25) is 5.91 Å². The third kappa shape index (κ3) is 6.15. The fraction of sp³-hybridized carbons (Fsp3) is 0.379. The number of alkyl halides is 3. The van der Waals surface area contributed by atoms with E-state index in [2.05, 4.69) is 21.7 Å². The maximum atomic E-state index is 14.1. The summed E-state index contributed by atoms with van der Waals surface area (Å²) < 4.78 is 52.5. The SMILES string of the molecule is CC1CN(C(=O)CCN2CCc3sccc3C2c2cccc(F)c2)CCN1C(=O)Nc1ccc(C(F)(F)F)cc1. The summed E-state index contributed by atoms with van der Waals surface area (Å²) in [5, 5.41) is 4.70. The number of piperazine rings is 1. The number of nitrogens with one attached hydrogen (secondary N) is 1. The Labute approximate surface area is 234 Å². The van der Waals surface area contributed by atoms with Crippen LogP contribution in [0.3, 0.4) is 0 Å². The zero-order valence-corrected chi connectivity index (χ0v) is 22.8. The van der Waals surface area contributed by atoms with Crippen LogP contribution in [0.25, 0.3) is 0 Å². The maximum absolute atomic E-state index is 14.1. The molecule has 2 aromatic carbocycles. The average molecular weight is 575 g/mol. The molecule has 2 aliphatic rings. The van der Waals surface area contributed by atoms with Crippen molar-refractivity contribution in [3.05, 3.63) is 87.4 Å². The molecule has 2 atom stereocenters. The van der Waals surface area contributed by atoms with Crippen LogP contribution < -0.4 is 5.32 Å². The summed E-state index contributed by atoms with van der Waals surface area (Å²) in [5.74, 6) is -0.297. The van der Waals surface area contributed by atoms with Crippen LogP contribution in [-0.2, 0) is 17.4 Å². The zero-order chi connectivity index (χ0) is 28.4. The molecule has 1 aromatic heterocycles. The molecule has 3 aromatic rings. The summed E-state index contributed by atoms with van der Waals surface area (Å²) in [6, 6.07) is 12.2. The molecule has 3 amide bonds. The number of carbonyl (C=O) groups is 2. The molecule has 0 aliphatic carbocycles. The molecule has 0 saturated carbocycles. The highest BCUT2D eigenvalue weighted by atomic mass is 32.1. The van der Waals surface area contributed by atoms with E-state index in [0.717, 1.165) is 36.2 Å². The summed E-state index contributed by atoms with van der Waals surface area (Å²) in [4.78, 5) is 32.9. The number of benzene rings is 2. The van der Waals surface area contributed by atoms with Crippen LogP contribution in [-0.4, -0.2) is 65.4 Å². The Morgan fingerprint density at radius 3 is 2.52 bits per heavy atom. The molecular formula is C29H30F4N4O2S. The lowest BCUT2D eigenvalue weighted by Gasteiger charge is -2.40. The molecule has 1 saturated heterocycles. The fourth-order valence-electron chi connectivity index (χ4n) is 5.50. The molecular weight excluding hydrogens is 544 g/mol. The van der Waals surface area contributed by atoms with Gasteiger partial charge in [0, 0.05) is 55.8 Å². The molecule has 5 rings (SSSR count). The van der Waals surface area contributed by atoms with Gasteiger partial charge in [-0.05, 0) is 72.3 Å². The normalized spacial score (nSPS) is 19.8. The smallest absolute Gasteiger partial charge is 0.339 e. The number of hydrogen-bond donors (Lipinski definition) is 1. The summed E-state index contributed by atoms with van der Waals surface area (Å²) in [5.41, 5.74) is 1.52. The van der Waals surface area contributed by atoms with Crippen LogP contribution in [0.2, 0.25) is 0 Å². The summed E-state index contributed by atoms with van der Waals surface area (Å²) in [6.45, 7) is 4.18. The zero-order valence-electron chi connectivity index (χ0n) is 22.0. The van der Waals surface area contributed by atoms with Crippen molar-refractivity contribution < 1.29 is 27.2 Å². The molecule has 1 fully saturated rings. The van der Waals surface area contributed by atoms with Gasteiger partial charge in [-0.25, -0.2) is 9.18 Å². The first-order valence-corrected chi connectivity index (χ1v) is 14.1. The highest BCUT2D eigenvalue weighted by Crippen LogP contribution is 2.38. The van der Waals surface area contributed by atoms with E-state index in [1.54, 1.807) is 33.3 Å². The fourth-order valence-corrected chi connectivity index (χ4v) is 6.40. The molecule has 11 heteroatoms. The van der Waals surface area contributed by atoms with Crippen LogP contribution in [0.5, 0.6) is 0 Å². The largest absolute Gasteiger partial charge is 0.416 e. The first-order valence-electron chi connectivity index (χ1n) is 13.2. The van der Waals surface area contributed by atoms with Crippen molar-refractivity contribution in [2.75, 3.05) is 38.0 Å². The average Bonchev–Trinajstić information content (AvgIpc) is 3.40. The Kier molecular flexibility index (Phi) is 8.14. The van der Waals surface area contributed by atoms with Crippen LogP contribution in [0.1, 0.15) is 41.0 Å². The molecule has 6 nitrogen and oxygen atoms in total. The second-order valence-corrected chi connectivity index (χ2v) is 11.2. The lowest BCUT2D eigenvalue weighted by molar-refractivity contribution is -0.137. The Morgan fingerprint density at radius 1 is 1.05 bits per heavy atom. The van der Waals surface area contributed by atoms with E-state index < -0.39 is 17.8 Å². The third-order valence-electron chi connectivity index (χ3n) is 7.55. The van der Waals surface area contributed by atoms with E-state index in [1.165, 1.54) is 23.1 Å². The molecule has 0 bridgehead atoms. The van der Waals surface area contributed by atoms with Gasteiger partial charge in [0.05, 0.1) is 11.6 Å². The standard InChI is InChI=1S/C29H30F4N4O2S/c1-19-18-36(14-15-37(19)28(39)34-23-7-5-21(6-8-23)29(31,32)33)26(38)10-13-35-12-9-25-24(11-16-40-25)27(35)20-3-2-4-22(30)17-20/h2-8,11,16-17,19,27H,9-10,12-15,18H2,1H3,(H,34,39). The minimum Gasteiger partial charge on any atom is -0.339 e. The van der Waals surface area contributed by atoms with Crippen LogP contribution in [0.4, 0.5) is 28.0 Å². The topological polar surface area (TPSA) is 55.9 Å². The first kappa shape index (κ1) is 28.1. The van der Waals surface area contributed by atoms with Gasteiger partial charge in [0.15, 0.2) is 0 Å². The number of carbonyl (C=O) groups excluding carboxylic acids is 2. The third-order valence-corrected chi connectivity index (χ3v) is 8.54. The van der Waals surface area contributed by atoms with Crippen molar-refractivity contribution in [1.29, 1.82) is 0 Å². The molecule has 0 spiro atoms. The Morgan fingerprint density at radius 2 is 1.82 bits per heavy atom. The Bertz CT molecular complexity index is 1360.